The minimum Gasteiger partial charge on any atom is -0.380 e. The minimum absolute atomic E-state index is 0.135. The van der Waals surface area contributed by atoms with Crippen LogP contribution in [0.4, 0.5) is 0 Å². The second kappa shape index (κ2) is 8.07. The van der Waals surface area contributed by atoms with Gasteiger partial charge in [-0.05, 0) is 17.7 Å². The van der Waals surface area contributed by atoms with Crippen molar-refractivity contribution in [3.63, 3.8) is 0 Å². The molecule has 2 heterocycles. The maximum Gasteiger partial charge on any atom is 0.225 e. The van der Waals surface area contributed by atoms with Gasteiger partial charge in [-0.3, -0.25) is 14.7 Å². The zero-order valence-electron chi connectivity index (χ0n) is 12.6. The van der Waals surface area contributed by atoms with Gasteiger partial charge < -0.3 is 15.4 Å². The largest absolute Gasteiger partial charge is 0.380 e. The van der Waals surface area contributed by atoms with E-state index in [4.69, 9.17) is 10.5 Å². The average Bonchev–Trinajstić information content (AvgIpc) is 2.54. The molecule has 21 heavy (non-hydrogen) atoms. The van der Waals surface area contributed by atoms with Crippen LogP contribution in [-0.2, 0) is 16.1 Å². The third-order valence-corrected chi connectivity index (χ3v) is 3.88. The van der Waals surface area contributed by atoms with Gasteiger partial charge in [-0.2, -0.15) is 0 Å². The van der Waals surface area contributed by atoms with Crippen molar-refractivity contribution in [3.05, 3.63) is 30.1 Å². The van der Waals surface area contributed by atoms with Crippen LogP contribution in [0.3, 0.4) is 0 Å². The molecule has 1 amide bonds. The Bertz CT molecular complexity index is 429. The van der Waals surface area contributed by atoms with Crippen LogP contribution in [0.1, 0.15) is 12.0 Å². The smallest absolute Gasteiger partial charge is 0.225 e. The molecule has 0 saturated carbocycles. The Kier molecular flexibility index (Phi) is 6.10. The van der Waals surface area contributed by atoms with E-state index in [-0.39, 0.29) is 12.0 Å². The molecule has 2 N–H and O–H groups in total. The fourth-order valence-electron chi connectivity index (χ4n) is 2.49. The molecule has 116 valence electrons. The number of aromatic nitrogens is 1. The van der Waals surface area contributed by atoms with Crippen LogP contribution in [-0.4, -0.2) is 66.6 Å². The Morgan fingerprint density at radius 2 is 2.00 bits per heavy atom. The summed E-state index contributed by atoms with van der Waals surface area (Å²) in [7, 11) is 1.59. The number of nitrogens with zero attached hydrogens (tertiary/aromatic N) is 3. The van der Waals surface area contributed by atoms with Gasteiger partial charge in [0.25, 0.3) is 0 Å². The van der Waals surface area contributed by atoms with Gasteiger partial charge >= 0.3 is 0 Å². The van der Waals surface area contributed by atoms with Crippen molar-refractivity contribution in [1.82, 2.24) is 14.8 Å². The third kappa shape index (κ3) is 4.77. The molecule has 1 saturated heterocycles. The molecule has 1 atom stereocenters. The molecule has 0 bridgehead atoms. The van der Waals surface area contributed by atoms with Gasteiger partial charge in [0.05, 0.1) is 12.5 Å². The molecule has 6 heteroatoms. The van der Waals surface area contributed by atoms with E-state index in [0.29, 0.717) is 13.0 Å². The Morgan fingerprint density at radius 1 is 1.33 bits per heavy atom. The lowest BCUT2D eigenvalue weighted by molar-refractivity contribution is -0.135. The Balaban J connectivity index is 1.76. The first-order valence-electron chi connectivity index (χ1n) is 7.35. The molecule has 6 nitrogen and oxygen atoms in total. The summed E-state index contributed by atoms with van der Waals surface area (Å²) < 4.78 is 5.17. The van der Waals surface area contributed by atoms with Crippen molar-refractivity contribution < 1.29 is 9.53 Å². The number of piperazine rings is 1. The van der Waals surface area contributed by atoms with Gasteiger partial charge in [0.15, 0.2) is 0 Å². The minimum atomic E-state index is -0.174. The molecule has 1 aliphatic rings. The molecule has 1 aromatic heterocycles. The number of carbonyl (C=O) groups is 1. The lowest BCUT2D eigenvalue weighted by Crippen LogP contribution is -2.49. The van der Waals surface area contributed by atoms with Gasteiger partial charge in [0.1, 0.15) is 0 Å². The van der Waals surface area contributed by atoms with Crippen LogP contribution >= 0.6 is 0 Å². The molecule has 0 aliphatic carbocycles. The molecule has 1 aliphatic heterocycles. The quantitative estimate of drug-likeness (QED) is 0.804. The van der Waals surface area contributed by atoms with Crippen LogP contribution < -0.4 is 5.73 Å². The first-order chi connectivity index (χ1) is 10.2. The molecular formula is C15H24N4O2. The van der Waals surface area contributed by atoms with E-state index in [1.807, 2.05) is 29.4 Å². The van der Waals surface area contributed by atoms with Gasteiger partial charge in [0, 0.05) is 58.8 Å². The monoisotopic (exact) mass is 292 g/mol. The second-order valence-electron chi connectivity index (χ2n) is 5.31. The lowest BCUT2D eigenvalue weighted by atomic mass is 10.2. The first kappa shape index (κ1) is 15.9. The van der Waals surface area contributed by atoms with Crippen LogP contribution in [0.2, 0.25) is 0 Å². The lowest BCUT2D eigenvalue weighted by Gasteiger charge is -2.35. The summed E-state index contributed by atoms with van der Waals surface area (Å²) in [6.07, 6.45) is 3.82. The van der Waals surface area contributed by atoms with Crippen molar-refractivity contribution in [1.29, 1.82) is 0 Å². The number of pyridine rings is 1. The fourth-order valence-corrected chi connectivity index (χ4v) is 2.49. The van der Waals surface area contributed by atoms with E-state index >= 15 is 0 Å². The number of nitrogens with two attached hydrogens (primary N) is 1. The van der Waals surface area contributed by atoms with Crippen molar-refractivity contribution in [2.45, 2.75) is 19.1 Å². The topological polar surface area (TPSA) is 71.7 Å². The van der Waals surface area contributed by atoms with E-state index in [1.54, 1.807) is 7.11 Å². The normalized spacial score (nSPS) is 17.7. The number of methoxy groups -OCH3 is 1. The summed E-state index contributed by atoms with van der Waals surface area (Å²) >= 11 is 0. The van der Waals surface area contributed by atoms with Gasteiger partial charge in [-0.15, -0.1) is 0 Å². The summed E-state index contributed by atoms with van der Waals surface area (Å²) in [6.45, 7) is 4.62. The molecule has 0 aromatic carbocycles. The third-order valence-electron chi connectivity index (χ3n) is 3.88. The van der Waals surface area contributed by atoms with Crippen molar-refractivity contribution in [2.24, 2.45) is 5.73 Å². The average molecular weight is 292 g/mol. The number of hydrogen-bond donors (Lipinski definition) is 1. The standard InChI is InChI=1S/C15H24N4O2/c1-21-14(11-16)10-15(20)19-8-6-18(7-9-19)12-13-2-4-17-5-3-13/h2-5,14H,6-12,16H2,1H3. The maximum atomic E-state index is 12.2. The van der Waals surface area contributed by atoms with Gasteiger partial charge in [-0.1, -0.05) is 0 Å². The molecular weight excluding hydrogens is 268 g/mol. The zero-order valence-corrected chi connectivity index (χ0v) is 12.6. The van der Waals surface area contributed by atoms with Crippen LogP contribution in [0.5, 0.6) is 0 Å². The highest BCUT2D eigenvalue weighted by Gasteiger charge is 2.23. The van der Waals surface area contributed by atoms with Gasteiger partial charge in [0.2, 0.25) is 5.91 Å². The number of amides is 1. The summed E-state index contributed by atoms with van der Waals surface area (Å²) in [4.78, 5) is 20.4. The maximum absolute atomic E-state index is 12.2. The van der Waals surface area contributed by atoms with Crippen LogP contribution in [0, 0.1) is 0 Å². The Morgan fingerprint density at radius 3 is 2.57 bits per heavy atom. The zero-order chi connectivity index (χ0) is 15.1. The highest BCUT2D eigenvalue weighted by molar-refractivity contribution is 5.76. The molecule has 1 unspecified atom stereocenters. The molecule has 1 aromatic rings. The predicted octanol–water partition coefficient (Wildman–Crippen LogP) is 0.0896. The highest BCUT2D eigenvalue weighted by Crippen LogP contribution is 2.09. The Hall–Kier alpha value is -1.50. The number of hydrogen-bond acceptors (Lipinski definition) is 5. The van der Waals surface area contributed by atoms with E-state index in [2.05, 4.69) is 9.88 Å². The number of rotatable bonds is 6. The van der Waals surface area contributed by atoms with Gasteiger partial charge in [-0.25, -0.2) is 0 Å². The highest BCUT2D eigenvalue weighted by atomic mass is 16.5. The molecule has 1 fully saturated rings. The fraction of sp³-hybridized carbons (Fsp3) is 0.600. The van der Waals surface area contributed by atoms with E-state index < -0.39 is 0 Å². The predicted molar refractivity (Wildman–Crippen MR) is 80.6 cm³/mol. The molecule has 0 radical (unpaired) electrons. The summed E-state index contributed by atoms with van der Waals surface area (Å²) in [5.41, 5.74) is 6.82. The van der Waals surface area contributed by atoms with Crippen molar-refractivity contribution in [2.75, 3.05) is 39.8 Å². The van der Waals surface area contributed by atoms with E-state index in [9.17, 15) is 4.79 Å². The second-order valence-corrected chi connectivity index (χ2v) is 5.31. The number of carbonyl (C=O) groups excluding carboxylic acids is 1. The Labute approximate surface area is 125 Å². The first-order valence-corrected chi connectivity index (χ1v) is 7.35. The summed E-state index contributed by atoms with van der Waals surface area (Å²) in [6, 6.07) is 4.06. The van der Waals surface area contributed by atoms with Crippen LogP contribution in [0.25, 0.3) is 0 Å². The number of ether oxygens (including phenoxy) is 1. The van der Waals surface area contributed by atoms with Crippen LogP contribution in [0.15, 0.2) is 24.5 Å². The summed E-state index contributed by atoms with van der Waals surface area (Å²) in [5, 5.41) is 0. The molecule has 2 rings (SSSR count). The summed E-state index contributed by atoms with van der Waals surface area (Å²) in [5.74, 6) is 0.135. The SMILES string of the molecule is COC(CN)CC(=O)N1CCN(Cc2ccncc2)CC1. The van der Waals surface area contributed by atoms with E-state index in [0.717, 1.165) is 32.7 Å². The van der Waals surface area contributed by atoms with E-state index in [1.165, 1.54) is 5.56 Å². The molecule has 0 spiro atoms. The van der Waals surface area contributed by atoms with Crippen molar-refractivity contribution in [3.8, 4) is 0 Å². The van der Waals surface area contributed by atoms with Crippen molar-refractivity contribution >= 4 is 5.91 Å².